The van der Waals surface area contributed by atoms with E-state index >= 15 is 0 Å². The number of nitrogens with zero attached hydrogens (tertiary/aromatic N) is 5. The molecule has 0 atom stereocenters. The van der Waals surface area contributed by atoms with E-state index in [0.29, 0.717) is 0 Å². The lowest BCUT2D eigenvalue weighted by Crippen LogP contribution is -2.55. The molecule has 0 saturated carbocycles. The van der Waals surface area contributed by atoms with E-state index in [0.717, 1.165) is 4.48 Å². The molecule has 5 heteroatoms. The molecule has 0 aliphatic rings. The lowest BCUT2D eigenvalue weighted by Gasteiger charge is -2.38. The van der Waals surface area contributed by atoms with Crippen LogP contribution in [-0.4, -0.2) is 151 Å². The summed E-state index contributed by atoms with van der Waals surface area (Å²) < 4.78 is 4.67. The first-order chi connectivity index (χ1) is 27.2. The Bertz CT molecular complexity index is 796. The zero-order chi connectivity index (χ0) is 42.6. The molecule has 344 valence electrons. The highest BCUT2D eigenvalue weighted by molar-refractivity contribution is 4.60. The molecular formula is C52H115N5+4. The van der Waals surface area contributed by atoms with Gasteiger partial charge >= 0.3 is 0 Å². The van der Waals surface area contributed by atoms with E-state index in [1.165, 1.54) is 278 Å². The lowest BCUT2D eigenvalue weighted by molar-refractivity contribution is -0.945. The number of quaternary nitrogens is 4. The number of hydrogen-bond acceptors (Lipinski definition) is 1. The van der Waals surface area contributed by atoms with Crippen LogP contribution in [0, 0.1) is 0 Å². The zero-order valence-corrected chi connectivity index (χ0v) is 42.2. The molecule has 0 aliphatic heterocycles. The number of likely N-dealkylation sites (N-methyl/N-ethyl adjacent to an activating group) is 4. The van der Waals surface area contributed by atoms with Crippen LogP contribution < -0.4 is 0 Å². The predicted molar refractivity (Wildman–Crippen MR) is 259 cm³/mol. The maximum Gasteiger partial charge on any atom is 0.128 e. The molecule has 0 fully saturated rings. The van der Waals surface area contributed by atoms with E-state index < -0.39 is 0 Å². The predicted octanol–water partition coefficient (Wildman–Crippen LogP) is 13.4. The number of rotatable bonds is 45. The Morgan fingerprint density at radius 2 is 0.386 bits per heavy atom. The molecule has 0 saturated heterocycles. The highest BCUT2D eigenvalue weighted by atomic mass is 15.4. The summed E-state index contributed by atoms with van der Waals surface area (Å²) in [7, 11) is 20.0. The Hall–Kier alpha value is -0.200. The summed E-state index contributed by atoms with van der Waals surface area (Å²) in [5, 5.41) is 0. The molecule has 0 bridgehead atoms. The van der Waals surface area contributed by atoms with E-state index in [2.05, 4.69) is 82.1 Å². The van der Waals surface area contributed by atoms with Crippen molar-refractivity contribution in [3.05, 3.63) is 0 Å². The third-order valence-electron chi connectivity index (χ3n) is 13.7. The molecular weight excluding hydrogens is 695 g/mol. The van der Waals surface area contributed by atoms with E-state index in [1.54, 1.807) is 0 Å². The average Bonchev–Trinajstić information content (AvgIpc) is 3.16. The molecule has 0 unspecified atom stereocenters. The maximum atomic E-state index is 2.88. The van der Waals surface area contributed by atoms with Crippen molar-refractivity contribution in [2.45, 2.75) is 213 Å². The minimum Gasteiger partial charge on any atom is -0.327 e. The van der Waals surface area contributed by atoms with Crippen molar-refractivity contribution >= 4 is 0 Å². The lowest BCUT2D eigenvalue weighted by atomic mass is 10.1. The van der Waals surface area contributed by atoms with Gasteiger partial charge in [-0.15, -0.1) is 0 Å². The first-order valence-electron chi connectivity index (χ1n) is 26.2. The van der Waals surface area contributed by atoms with Crippen molar-refractivity contribution in [1.29, 1.82) is 0 Å². The van der Waals surface area contributed by atoms with Crippen molar-refractivity contribution in [2.24, 2.45) is 0 Å². The van der Waals surface area contributed by atoms with Gasteiger partial charge in [-0.2, -0.15) is 0 Å². The molecule has 0 amide bonds. The molecule has 0 aromatic rings. The Morgan fingerprint density at radius 3 is 0.614 bits per heavy atom. The largest absolute Gasteiger partial charge is 0.327 e. The minimum atomic E-state index is 1.14. The second kappa shape index (κ2) is 36.5. The van der Waals surface area contributed by atoms with Gasteiger partial charge in [0, 0.05) is 19.6 Å². The third-order valence-corrected chi connectivity index (χ3v) is 13.7. The SMILES string of the molecule is CCCCCCCCCCCC[N+](C)(C)CCN(CC[N+](C)(C)CCCCCCCCCCCC)CC[N+](C)(C)CC[N+](C)(C)CCCCCCCCCCCC. The van der Waals surface area contributed by atoms with Gasteiger partial charge in [-0.3, -0.25) is 4.90 Å². The van der Waals surface area contributed by atoms with E-state index in [9.17, 15) is 0 Å². The van der Waals surface area contributed by atoms with Gasteiger partial charge in [-0.25, -0.2) is 0 Å². The van der Waals surface area contributed by atoms with E-state index in [1.807, 2.05) is 0 Å². The fourth-order valence-electron chi connectivity index (χ4n) is 8.64. The summed E-state index contributed by atoms with van der Waals surface area (Å²) in [4.78, 5) is 2.88. The molecule has 57 heavy (non-hydrogen) atoms. The van der Waals surface area contributed by atoms with Crippen molar-refractivity contribution in [1.82, 2.24) is 4.90 Å². The first-order valence-corrected chi connectivity index (χ1v) is 26.2. The van der Waals surface area contributed by atoms with E-state index in [-0.39, 0.29) is 0 Å². The van der Waals surface area contributed by atoms with Crippen LogP contribution in [-0.2, 0) is 0 Å². The topological polar surface area (TPSA) is 3.24 Å². The van der Waals surface area contributed by atoms with Crippen molar-refractivity contribution in [3.8, 4) is 0 Å². The van der Waals surface area contributed by atoms with Crippen LogP contribution in [0.3, 0.4) is 0 Å². The van der Waals surface area contributed by atoms with Crippen LogP contribution in [0.2, 0.25) is 0 Å². The standard InChI is InChI=1S/C52H115N5/c1-12-15-18-21-24-27-30-33-36-39-45-54(4,5)48-42-53(43-49-55(6,7)46-40-37-34-31-28-25-22-19-16-13-2)44-50-57(10,11)52-51-56(8,9)47-41-38-35-32-29-26-23-20-17-14-3/h12-52H2,1-11H3/q+4. The quantitative estimate of drug-likeness (QED) is 0.0437. The second-order valence-corrected chi connectivity index (χ2v) is 21.9. The van der Waals surface area contributed by atoms with Crippen LogP contribution in [0.25, 0.3) is 0 Å². The molecule has 0 radical (unpaired) electrons. The van der Waals surface area contributed by atoms with Gasteiger partial charge in [-0.1, -0.05) is 175 Å². The minimum absolute atomic E-state index is 1.14. The molecule has 0 aromatic carbocycles. The zero-order valence-electron chi connectivity index (χ0n) is 42.2. The van der Waals surface area contributed by atoms with Crippen molar-refractivity contribution in [2.75, 3.05) is 128 Å². The fourth-order valence-corrected chi connectivity index (χ4v) is 8.64. The maximum absolute atomic E-state index is 2.88. The van der Waals surface area contributed by atoms with Crippen molar-refractivity contribution in [3.63, 3.8) is 0 Å². The summed E-state index contributed by atoms with van der Waals surface area (Å²) in [5.41, 5.74) is 0. The second-order valence-electron chi connectivity index (χ2n) is 21.9. The number of unbranched alkanes of at least 4 members (excludes halogenated alkanes) is 27. The summed E-state index contributed by atoms with van der Waals surface area (Å²) in [5.74, 6) is 0. The van der Waals surface area contributed by atoms with E-state index in [4.69, 9.17) is 0 Å². The van der Waals surface area contributed by atoms with Gasteiger partial charge in [0.05, 0.1) is 95.6 Å². The van der Waals surface area contributed by atoms with Crippen LogP contribution in [0.1, 0.15) is 213 Å². The van der Waals surface area contributed by atoms with Crippen LogP contribution in [0.15, 0.2) is 0 Å². The Labute approximate surface area is 363 Å². The third kappa shape index (κ3) is 39.7. The molecule has 0 spiro atoms. The van der Waals surface area contributed by atoms with Crippen LogP contribution >= 0.6 is 0 Å². The number of hydrogen-bond donors (Lipinski definition) is 0. The van der Waals surface area contributed by atoms with Gasteiger partial charge in [0.15, 0.2) is 0 Å². The van der Waals surface area contributed by atoms with Crippen LogP contribution in [0.5, 0.6) is 0 Å². The molecule has 5 nitrogen and oxygen atoms in total. The molecule has 0 heterocycles. The molecule has 0 aliphatic carbocycles. The van der Waals surface area contributed by atoms with Gasteiger partial charge in [0.2, 0.25) is 0 Å². The van der Waals surface area contributed by atoms with Gasteiger partial charge < -0.3 is 17.9 Å². The summed E-state index contributed by atoms with van der Waals surface area (Å²) in [6.45, 7) is 21.0. The summed E-state index contributed by atoms with van der Waals surface area (Å²) >= 11 is 0. The van der Waals surface area contributed by atoms with Gasteiger partial charge in [0.1, 0.15) is 13.1 Å². The summed E-state index contributed by atoms with van der Waals surface area (Å²) in [6.07, 6.45) is 42.9. The van der Waals surface area contributed by atoms with Gasteiger partial charge in [0.25, 0.3) is 0 Å². The first kappa shape index (κ1) is 56.8. The fraction of sp³-hybridized carbons (Fsp3) is 1.00. The van der Waals surface area contributed by atoms with Crippen molar-refractivity contribution < 1.29 is 17.9 Å². The molecule has 0 N–H and O–H groups in total. The molecule has 0 aromatic heterocycles. The average molecular weight is 811 g/mol. The normalized spacial score (nSPS) is 13.1. The highest BCUT2D eigenvalue weighted by Crippen LogP contribution is 2.15. The Kier molecular flexibility index (Phi) is 36.3. The Balaban J connectivity index is 4.87. The Morgan fingerprint density at radius 1 is 0.211 bits per heavy atom. The molecule has 0 rings (SSSR count). The highest BCUT2D eigenvalue weighted by Gasteiger charge is 2.26. The smallest absolute Gasteiger partial charge is 0.128 e. The monoisotopic (exact) mass is 810 g/mol. The van der Waals surface area contributed by atoms with Gasteiger partial charge in [-0.05, 0) is 38.5 Å². The van der Waals surface area contributed by atoms with Crippen LogP contribution in [0.4, 0.5) is 0 Å². The summed E-state index contributed by atoms with van der Waals surface area (Å²) in [6, 6.07) is 0.